The number of rotatable bonds is 6. The summed E-state index contributed by atoms with van der Waals surface area (Å²) in [6, 6.07) is 14.5. The number of aromatic nitrogens is 2. The van der Waals surface area contributed by atoms with E-state index in [1.165, 1.54) is 17.4 Å². The van der Waals surface area contributed by atoms with Crippen LogP contribution in [0.15, 0.2) is 60.9 Å². The highest BCUT2D eigenvalue weighted by molar-refractivity contribution is 7.22. The zero-order valence-corrected chi connectivity index (χ0v) is 20.2. The van der Waals surface area contributed by atoms with Crippen molar-refractivity contribution in [1.29, 1.82) is 0 Å². The predicted molar refractivity (Wildman–Crippen MR) is 138 cm³/mol. The van der Waals surface area contributed by atoms with Crippen molar-refractivity contribution in [2.75, 3.05) is 22.9 Å². The van der Waals surface area contributed by atoms with Crippen molar-refractivity contribution in [3.05, 3.63) is 87.7 Å². The van der Waals surface area contributed by atoms with Crippen molar-refractivity contribution >= 4 is 44.0 Å². The molecule has 0 N–H and O–H groups in total. The molecule has 178 valence electrons. The van der Waals surface area contributed by atoms with Gasteiger partial charge in [-0.05, 0) is 61.6 Å². The van der Waals surface area contributed by atoms with Gasteiger partial charge >= 0.3 is 0 Å². The van der Waals surface area contributed by atoms with Crippen LogP contribution in [-0.4, -0.2) is 33.9 Å². The third-order valence-electron chi connectivity index (χ3n) is 6.26. The molecule has 0 spiro atoms. The highest BCUT2D eigenvalue weighted by atomic mass is 32.1. The molecule has 0 aliphatic carbocycles. The first-order valence-electron chi connectivity index (χ1n) is 11.6. The van der Waals surface area contributed by atoms with E-state index in [-0.39, 0.29) is 23.7 Å². The Morgan fingerprint density at radius 1 is 1.14 bits per heavy atom. The van der Waals surface area contributed by atoms with E-state index in [1.54, 1.807) is 29.4 Å². The van der Waals surface area contributed by atoms with Crippen molar-refractivity contribution in [2.45, 2.75) is 32.7 Å². The lowest BCUT2D eigenvalue weighted by Gasteiger charge is -2.28. The van der Waals surface area contributed by atoms with Crippen LogP contribution in [0.2, 0.25) is 0 Å². The number of nitro groups is 1. The summed E-state index contributed by atoms with van der Waals surface area (Å²) in [5, 5.41) is 12.5. The van der Waals surface area contributed by atoms with Gasteiger partial charge in [0, 0.05) is 37.1 Å². The average molecular weight is 488 g/mol. The van der Waals surface area contributed by atoms with E-state index >= 15 is 0 Å². The first-order chi connectivity index (χ1) is 17.0. The molecule has 2 aromatic carbocycles. The number of aryl methyl sites for hydroxylation is 1. The molecule has 2 aromatic heterocycles. The van der Waals surface area contributed by atoms with Crippen LogP contribution in [0.4, 0.5) is 16.5 Å². The van der Waals surface area contributed by atoms with Crippen molar-refractivity contribution < 1.29 is 9.72 Å². The van der Waals surface area contributed by atoms with E-state index in [2.05, 4.69) is 4.98 Å². The molecule has 1 amide bonds. The van der Waals surface area contributed by atoms with E-state index in [0.29, 0.717) is 10.8 Å². The van der Waals surface area contributed by atoms with Gasteiger partial charge in [-0.2, -0.15) is 0 Å². The number of hydrogen-bond acceptors (Lipinski definition) is 7. The van der Waals surface area contributed by atoms with E-state index in [1.807, 2.05) is 42.2 Å². The first-order valence-corrected chi connectivity index (χ1v) is 12.4. The molecular formula is C26H25N5O3S. The molecule has 1 saturated heterocycles. The quantitative estimate of drug-likeness (QED) is 0.254. The Balaban J connectivity index is 1.55. The number of amides is 1. The number of fused-ring (bicyclic) bond motifs is 1. The first kappa shape index (κ1) is 22.9. The number of piperidine rings is 1. The molecule has 0 saturated carbocycles. The molecule has 1 aliphatic rings. The second-order valence-electron chi connectivity index (χ2n) is 8.68. The second kappa shape index (κ2) is 9.79. The van der Waals surface area contributed by atoms with Crippen LogP contribution in [0, 0.1) is 17.0 Å². The molecule has 1 fully saturated rings. The zero-order chi connectivity index (χ0) is 24.4. The normalized spacial score (nSPS) is 13.7. The van der Waals surface area contributed by atoms with Crippen LogP contribution in [0.25, 0.3) is 10.2 Å². The Morgan fingerprint density at radius 2 is 1.97 bits per heavy atom. The Bertz CT molecular complexity index is 1380. The SMILES string of the molecule is Cc1cccc2sc(N(Cc3cccnc3)C(=O)c3ccc(N4CCCCC4)c([N+](=O)[O-])c3)nc12. The summed E-state index contributed by atoms with van der Waals surface area (Å²) < 4.78 is 0.982. The largest absolute Gasteiger partial charge is 0.366 e. The van der Waals surface area contributed by atoms with E-state index < -0.39 is 4.92 Å². The van der Waals surface area contributed by atoms with Crippen molar-refractivity contribution in [3.63, 3.8) is 0 Å². The molecule has 35 heavy (non-hydrogen) atoms. The molecule has 4 aromatic rings. The molecule has 1 aliphatic heterocycles. The topological polar surface area (TPSA) is 92.5 Å². The van der Waals surface area contributed by atoms with Crippen LogP contribution in [-0.2, 0) is 6.54 Å². The predicted octanol–water partition coefficient (Wildman–Crippen LogP) is 5.75. The van der Waals surface area contributed by atoms with E-state index in [9.17, 15) is 14.9 Å². The minimum absolute atomic E-state index is 0.0424. The number of nitro benzene ring substituents is 1. The maximum Gasteiger partial charge on any atom is 0.293 e. The summed E-state index contributed by atoms with van der Waals surface area (Å²) in [7, 11) is 0. The minimum Gasteiger partial charge on any atom is -0.366 e. The van der Waals surface area contributed by atoms with Crippen LogP contribution in [0.5, 0.6) is 0 Å². The van der Waals surface area contributed by atoms with Crippen LogP contribution < -0.4 is 9.80 Å². The van der Waals surface area contributed by atoms with Crippen LogP contribution in [0.3, 0.4) is 0 Å². The Hall–Kier alpha value is -3.85. The maximum atomic E-state index is 13.8. The lowest BCUT2D eigenvalue weighted by Crippen LogP contribution is -2.31. The highest BCUT2D eigenvalue weighted by Gasteiger charge is 2.27. The van der Waals surface area contributed by atoms with Gasteiger partial charge in [0.2, 0.25) is 0 Å². The minimum atomic E-state index is -0.396. The van der Waals surface area contributed by atoms with E-state index in [4.69, 9.17) is 4.98 Å². The molecule has 5 rings (SSSR count). The highest BCUT2D eigenvalue weighted by Crippen LogP contribution is 2.35. The standard InChI is InChI=1S/C26H25N5O3S/c1-18-7-5-9-23-24(18)28-26(35-23)30(17-19-8-6-12-27-16-19)25(32)20-10-11-21(22(15-20)31(33)34)29-13-3-2-4-14-29/h5-12,15-16H,2-4,13-14,17H2,1H3. The molecular weight excluding hydrogens is 462 g/mol. The van der Waals surface area contributed by atoms with Gasteiger partial charge in [-0.25, -0.2) is 4.98 Å². The number of carbonyl (C=O) groups is 1. The second-order valence-corrected chi connectivity index (χ2v) is 9.69. The van der Waals surface area contributed by atoms with Crippen molar-refractivity contribution in [2.24, 2.45) is 0 Å². The van der Waals surface area contributed by atoms with Gasteiger partial charge in [-0.1, -0.05) is 29.5 Å². The molecule has 0 atom stereocenters. The van der Waals surface area contributed by atoms with Crippen molar-refractivity contribution in [3.8, 4) is 0 Å². The van der Waals surface area contributed by atoms with Gasteiger partial charge in [0.05, 0.1) is 21.7 Å². The maximum absolute atomic E-state index is 13.8. The summed E-state index contributed by atoms with van der Waals surface area (Å²) >= 11 is 1.43. The van der Waals surface area contributed by atoms with Gasteiger partial charge in [0.25, 0.3) is 11.6 Å². The smallest absolute Gasteiger partial charge is 0.293 e. The molecule has 0 bridgehead atoms. The average Bonchev–Trinajstić information content (AvgIpc) is 3.33. The Morgan fingerprint density at radius 3 is 2.69 bits per heavy atom. The zero-order valence-electron chi connectivity index (χ0n) is 19.4. The number of benzene rings is 2. The van der Waals surface area contributed by atoms with Gasteiger partial charge < -0.3 is 4.90 Å². The third kappa shape index (κ3) is 4.72. The summed E-state index contributed by atoms with van der Waals surface area (Å²) in [4.78, 5) is 37.9. The summed E-state index contributed by atoms with van der Waals surface area (Å²) in [5.74, 6) is -0.334. The fraction of sp³-hybridized carbons (Fsp3) is 0.269. The lowest BCUT2D eigenvalue weighted by atomic mass is 10.1. The van der Waals surface area contributed by atoms with E-state index in [0.717, 1.165) is 53.7 Å². The fourth-order valence-corrected chi connectivity index (χ4v) is 5.49. The van der Waals surface area contributed by atoms with Gasteiger partial charge in [-0.15, -0.1) is 0 Å². The Labute approximate surface area is 207 Å². The molecule has 0 unspecified atom stereocenters. The molecule has 9 heteroatoms. The monoisotopic (exact) mass is 487 g/mol. The number of nitrogens with zero attached hydrogens (tertiary/aromatic N) is 5. The number of hydrogen-bond donors (Lipinski definition) is 0. The van der Waals surface area contributed by atoms with Gasteiger partial charge in [0.1, 0.15) is 5.69 Å². The number of para-hydroxylation sites is 1. The van der Waals surface area contributed by atoms with Gasteiger partial charge in [0.15, 0.2) is 5.13 Å². The number of carbonyl (C=O) groups excluding carboxylic acids is 1. The molecule has 3 heterocycles. The fourth-order valence-electron chi connectivity index (χ4n) is 4.45. The summed E-state index contributed by atoms with van der Waals surface area (Å²) in [6.45, 7) is 3.81. The van der Waals surface area contributed by atoms with Gasteiger partial charge in [-0.3, -0.25) is 24.8 Å². The molecule has 8 nitrogen and oxygen atoms in total. The third-order valence-corrected chi connectivity index (χ3v) is 7.31. The van der Waals surface area contributed by atoms with Crippen LogP contribution in [0.1, 0.15) is 40.7 Å². The number of thiazole rings is 1. The number of pyridine rings is 1. The number of anilines is 2. The molecule has 0 radical (unpaired) electrons. The summed E-state index contributed by atoms with van der Waals surface area (Å²) in [5.41, 5.74) is 3.51. The van der Waals surface area contributed by atoms with Crippen molar-refractivity contribution in [1.82, 2.24) is 9.97 Å². The Kier molecular flexibility index (Phi) is 6.41. The van der Waals surface area contributed by atoms with Crippen LogP contribution >= 0.6 is 11.3 Å². The lowest BCUT2D eigenvalue weighted by molar-refractivity contribution is -0.384. The summed E-state index contributed by atoms with van der Waals surface area (Å²) in [6.07, 6.45) is 6.54.